The van der Waals surface area contributed by atoms with Gasteiger partial charge in [-0.05, 0) is 91.6 Å². The van der Waals surface area contributed by atoms with Crippen molar-refractivity contribution in [2.24, 2.45) is 11.8 Å². The first-order valence-electron chi connectivity index (χ1n) is 15.9. The highest BCUT2D eigenvalue weighted by atomic mass is 32.1. The van der Waals surface area contributed by atoms with E-state index in [-0.39, 0.29) is 35.5 Å². The summed E-state index contributed by atoms with van der Waals surface area (Å²) in [5, 5.41) is 3.45. The average Bonchev–Trinajstić information content (AvgIpc) is 3.32. The lowest BCUT2D eigenvalue weighted by atomic mass is 9.95. The van der Waals surface area contributed by atoms with E-state index in [1.807, 2.05) is 23.2 Å². The summed E-state index contributed by atoms with van der Waals surface area (Å²) in [7, 11) is -4.97. The van der Waals surface area contributed by atoms with Gasteiger partial charge in [-0.1, -0.05) is 6.07 Å². The molecule has 1 unspecified atom stereocenters. The fraction of sp³-hybridized carbons (Fsp3) is 0.500. The molecule has 5 fully saturated rings. The zero-order valence-electron chi connectivity index (χ0n) is 24.9. The van der Waals surface area contributed by atoms with Gasteiger partial charge in [-0.15, -0.1) is 11.3 Å². The second-order valence-electron chi connectivity index (χ2n) is 13.4. The average molecular weight is 668 g/mol. The first kappa shape index (κ1) is 30.0. The third-order valence-corrected chi connectivity index (χ3v) is 12.7. The number of alkyl halides is 1. The SMILES string of the molecule is O=C(N[C@H]1C[C@@H]2C[C@@H]2C[C@H]2CC[C@@H](C(=O)N3C[C@@H]4[C@H]3CCN4c3cccnc3)N2C1=O)c1cc2cc(C(F)P(=O)(O)O)ccc2s1. The van der Waals surface area contributed by atoms with Crippen LogP contribution >= 0.6 is 18.9 Å². The molecule has 4 aliphatic heterocycles. The molecule has 0 spiro atoms. The molecular formula is C32H35FN5O6PS. The molecule has 46 heavy (non-hydrogen) atoms. The van der Waals surface area contributed by atoms with Crippen molar-refractivity contribution in [1.29, 1.82) is 0 Å². The van der Waals surface area contributed by atoms with Crippen LogP contribution in [0.2, 0.25) is 0 Å². The van der Waals surface area contributed by atoms with E-state index in [2.05, 4.69) is 15.2 Å². The quantitative estimate of drug-likeness (QED) is 0.337. The number of carbonyl (C=O) groups excluding carboxylic acids is 3. The van der Waals surface area contributed by atoms with Gasteiger partial charge in [-0.25, -0.2) is 4.39 Å². The van der Waals surface area contributed by atoms with Crippen LogP contribution in [0.4, 0.5) is 10.1 Å². The van der Waals surface area contributed by atoms with E-state index in [4.69, 9.17) is 0 Å². The number of nitrogens with one attached hydrogen (secondary N) is 1. The zero-order chi connectivity index (χ0) is 31.9. The highest BCUT2D eigenvalue weighted by Gasteiger charge is 2.55. The Hall–Kier alpha value is -3.38. The minimum absolute atomic E-state index is 0.00455. The maximum atomic E-state index is 14.3. The maximum absolute atomic E-state index is 14.3. The molecule has 5 aliphatic rings. The summed E-state index contributed by atoms with van der Waals surface area (Å²) >= 11 is 1.17. The molecule has 11 nitrogen and oxygen atoms in total. The van der Waals surface area contributed by atoms with Crippen LogP contribution in [0, 0.1) is 11.8 Å². The molecule has 0 radical (unpaired) electrons. The van der Waals surface area contributed by atoms with Crippen LogP contribution < -0.4 is 10.2 Å². The molecule has 3 aromatic rings. The zero-order valence-corrected chi connectivity index (χ0v) is 26.7. The molecule has 1 aliphatic carbocycles. The van der Waals surface area contributed by atoms with Crippen molar-refractivity contribution in [2.45, 2.75) is 74.6 Å². The van der Waals surface area contributed by atoms with E-state index in [1.54, 1.807) is 17.2 Å². The Morgan fingerprint density at radius 1 is 1.07 bits per heavy atom. The van der Waals surface area contributed by atoms with Crippen LogP contribution in [-0.4, -0.2) is 85.6 Å². The largest absolute Gasteiger partial charge is 0.363 e. The van der Waals surface area contributed by atoms with Gasteiger partial charge in [0, 0.05) is 30.0 Å². The van der Waals surface area contributed by atoms with Gasteiger partial charge < -0.3 is 29.8 Å². The van der Waals surface area contributed by atoms with Gasteiger partial charge in [0.2, 0.25) is 17.7 Å². The first-order chi connectivity index (χ1) is 22.1. The first-order valence-corrected chi connectivity index (χ1v) is 18.4. The Bertz CT molecular complexity index is 1770. The molecule has 1 aromatic carbocycles. The van der Waals surface area contributed by atoms with Crippen molar-refractivity contribution < 1.29 is 33.1 Å². The molecule has 4 saturated heterocycles. The molecule has 0 bridgehead atoms. The number of halogens is 1. The Balaban J connectivity index is 0.986. The van der Waals surface area contributed by atoms with Gasteiger partial charge in [0.15, 0.2) is 0 Å². The van der Waals surface area contributed by atoms with Crippen LogP contribution in [0.15, 0.2) is 48.8 Å². The number of likely N-dealkylation sites (tertiary alicyclic amines) is 1. The fourth-order valence-corrected chi connectivity index (χ4v) is 9.78. The number of anilines is 1. The molecule has 8 rings (SSSR count). The summed E-state index contributed by atoms with van der Waals surface area (Å²) in [6.45, 7) is 1.48. The van der Waals surface area contributed by atoms with E-state index >= 15 is 0 Å². The van der Waals surface area contributed by atoms with E-state index in [0.29, 0.717) is 46.2 Å². The van der Waals surface area contributed by atoms with Gasteiger partial charge in [0.25, 0.3) is 5.91 Å². The van der Waals surface area contributed by atoms with Crippen LogP contribution in [0.3, 0.4) is 0 Å². The Labute approximate surface area is 268 Å². The smallest absolute Gasteiger partial charge is 0.363 e. The molecule has 14 heteroatoms. The number of nitrogens with zero attached hydrogens (tertiary/aromatic N) is 4. The van der Waals surface area contributed by atoms with Crippen LogP contribution in [0.25, 0.3) is 10.1 Å². The highest BCUT2D eigenvalue weighted by molar-refractivity contribution is 7.51. The minimum atomic E-state index is -4.97. The van der Waals surface area contributed by atoms with Crippen molar-refractivity contribution in [2.75, 3.05) is 18.0 Å². The molecule has 242 valence electrons. The van der Waals surface area contributed by atoms with E-state index in [0.717, 1.165) is 37.9 Å². The predicted molar refractivity (Wildman–Crippen MR) is 169 cm³/mol. The van der Waals surface area contributed by atoms with Crippen LogP contribution in [-0.2, 0) is 14.2 Å². The third kappa shape index (κ3) is 5.12. The lowest BCUT2D eigenvalue weighted by Gasteiger charge is -2.49. The van der Waals surface area contributed by atoms with Gasteiger partial charge in [-0.3, -0.25) is 23.9 Å². The third-order valence-electron chi connectivity index (χ3n) is 10.7. The standard InChI is InChI=1S/C32H35FN5O6PS/c33-29(45(42,43)44)17-3-6-27-20(10-17)14-28(46-27)30(39)35-23-13-19-11-18(19)12-21-4-5-25(38(21)31(23)40)32(41)37-16-26-24(37)7-9-36(26)22-2-1-8-34-15-22/h1-3,6,8,10,14-15,18-19,21,23-26,29H,4-5,7,9,11-13,16H2,(H,35,39)(H2,42,43,44)/t18-,19+,21-,23+,24-,25+,26-,29?/m1/s1. The number of thiophene rings is 1. The van der Waals surface area contributed by atoms with Gasteiger partial charge in [0.1, 0.15) is 12.1 Å². The summed E-state index contributed by atoms with van der Waals surface area (Å²) in [5.74, 6) is -2.24. The monoisotopic (exact) mass is 667 g/mol. The lowest BCUT2D eigenvalue weighted by molar-refractivity contribution is -0.152. The van der Waals surface area contributed by atoms with Gasteiger partial charge >= 0.3 is 7.60 Å². The van der Waals surface area contributed by atoms with E-state index < -0.39 is 31.5 Å². The second-order valence-corrected chi connectivity index (χ2v) is 16.1. The lowest BCUT2D eigenvalue weighted by Crippen LogP contribution is -2.67. The summed E-state index contributed by atoms with van der Waals surface area (Å²) in [6, 6.07) is 8.75. The predicted octanol–water partition coefficient (Wildman–Crippen LogP) is 3.82. The number of fused-ring (bicyclic) bond motifs is 4. The molecule has 1 saturated carbocycles. The number of carbonyl (C=O) groups is 3. The summed E-state index contributed by atoms with van der Waals surface area (Å²) < 4.78 is 26.4. The van der Waals surface area contributed by atoms with Gasteiger partial charge in [-0.2, -0.15) is 0 Å². The second kappa shape index (κ2) is 11.1. The number of benzene rings is 1. The van der Waals surface area contributed by atoms with Crippen molar-refractivity contribution in [1.82, 2.24) is 20.1 Å². The summed E-state index contributed by atoms with van der Waals surface area (Å²) in [5.41, 5.74) is 0.902. The number of hydrogen-bond acceptors (Lipinski definition) is 7. The van der Waals surface area contributed by atoms with Crippen LogP contribution in [0.1, 0.15) is 59.7 Å². The number of aromatic nitrogens is 1. The highest BCUT2D eigenvalue weighted by Crippen LogP contribution is 2.53. The number of amides is 3. The molecule has 8 atom stereocenters. The normalized spacial score (nSPS) is 31.0. The van der Waals surface area contributed by atoms with Gasteiger partial charge in [0.05, 0.1) is 28.8 Å². The van der Waals surface area contributed by atoms with Crippen molar-refractivity contribution in [3.05, 3.63) is 59.2 Å². The molecule has 2 aromatic heterocycles. The Morgan fingerprint density at radius 2 is 1.89 bits per heavy atom. The molecular weight excluding hydrogens is 632 g/mol. The molecule has 3 N–H and O–H groups in total. The summed E-state index contributed by atoms with van der Waals surface area (Å²) in [6.07, 6.45) is 8.31. The van der Waals surface area contributed by atoms with Crippen molar-refractivity contribution >= 4 is 52.4 Å². The number of hydrogen-bond donors (Lipinski definition) is 3. The van der Waals surface area contributed by atoms with Crippen molar-refractivity contribution in [3.63, 3.8) is 0 Å². The Morgan fingerprint density at radius 3 is 2.67 bits per heavy atom. The van der Waals surface area contributed by atoms with E-state index in [1.165, 1.54) is 29.5 Å². The molecule has 3 amide bonds. The van der Waals surface area contributed by atoms with Crippen molar-refractivity contribution in [3.8, 4) is 0 Å². The minimum Gasteiger partial charge on any atom is -0.363 e. The molecule has 6 heterocycles. The van der Waals surface area contributed by atoms with Crippen LogP contribution in [0.5, 0.6) is 0 Å². The fourth-order valence-electron chi connectivity index (χ4n) is 8.29. The summed E-state index contributed by atoms with van der Waals surface area (Å²) in [4.78, 5) is 70.9. The van der Waals surface area contributed by atoms with E-state index in [9.17, 15) is 33.1 Å². The maximum Gasteiger partial charge on any atom is 0.363 e. The number of pyridine rings is 1. The topological polar surface area (TPSA) is 143 Å². The Kier molecular flexibility index (Phi) is 7.24. The number of rotatable bonds is 6.